The summed E-state index contributed by atoms with van der Waals surface area (Å²) in [5.74, 6) is 1.09. The third kappa shape index (κ3) is 4.74. The average Bonchev–Trinajstić information content (AvgIpc) is 3.15. The van der Waals surface area contributed by atoms with Crippen molar-refractivity contribution < 1.29 is 14.3 Å². The molecular weight excluding hydrogens is 316 g/mol. The van der Waals surface area contributed by atoms with Gasteiger partial charge in [0, 0.05) is 23.6 Å². The fraction of sp³-hybridized carbons (Fsp3) is 0.600. The van der Waals surface area contributed by atoms with Crippen LogP contribution in [0.25, 0.3) is 0 Å². The van der Waals surface area contributed by atoms with E-state index in [1.54, 1.807) is 7.11 Å². The van der Waals surface area contributed by atoms with Crippen molar-refractivity contribution in [3.8, 4) is 5.75 Å². The van der Waals surface area contributed by atoms with Crippen molar-refractivity contribution in [2.75, 3.05) is 12.4 Å². The van der Waals surface area contributed by atoms with Crippen molar-refractivity contribution in [2.45, 2.75) is 57.4 Å². The van der Waals surface area contributed by atoms with Gasteiger partial charge in [-0.05, 0) is 62.8 Å². The van der Waals surface area contributed by atoms with Crippen LogP contribution in [-0.4, -0.2) is 25.0 Å². The van der Waals surface area contributed by atoms with E-state index in [0.717, 1.165) is 50.0 Å². The third-order valence-corrected chi connectivity index (χ3v) is 5.53. The van der Waals surface area contributed by atoms with Gasteiger partial charge in [0.2, 0.25) is 11.8 Å². The van der Waals surface area contributed by atoms with Gasteiger partial charge in [-0.25, -0.2) is 0 Å². The molecule has 0 saturated heterocycles. The fourth-order valence-corrected chi connectivity index (χ4v) is 3.93. The van der Waals surface area contributed by atoms with E-state index >= 15 is 0 Å². The Bertz CT molecular complexity index is 585. The van der Waals surface area contributed by atoms with E-state index in [0.29, 0.717) is 6.04 Å². The van der Waals surface area contributed by atoms with Gasteiger partial charge >= 0.3 is 0 Å². The minimum atomic E-state index is -0.00219. The number of carbonyl (C=O) groups excluding carboxylic acids is 2. The fourth-order valence-electron chi connectivity index (χ4n) is 3.93. The highest BCUT2D eigenvalue weighted by atomic mass is 16.5. The van der Waals surface area contributed by atoms with Crippen LogP contribution >= 0.6 is 0 Å². The number of nitrogens with one attached hydrogen (secondary N) is 2. The number of methoxy groups -OCH3 is 1. The number of hydrogen-bond donors (Lipinski definition) is 2. The lowest BCUT2D eigenvalue weighted by molar-refractivity contribution is -0.129. The standard InChI is InChI=1S/C20H28N2O3/c1-25-18-12-10-17(11-13-18)22-20(24)15-8-6-14(7-9-15)19(23)21-16-4-2-3-5-16/h10-16H,2-9H2,1H3,(H,21,23)(H,22,24). The summed E-state index contributed by atoms with van der Waals surface area (Å²) in [4.78, 5) is 24.8. The second-order valence-electron chi connectivity index (χ2n) is 7.26. The van der Waals surface area contributed by atoms with Crippen LogP contribution in [0.2, 0.25) is 0 Å². The lowest BCUT2D eigenvalue weighted by Crippen LogP contribution is -2.39. The molecule has 2 aliphatic rings. The zero-order valence-electron chi connectivity index (χ0n) is 14.9. The Balaban J connectivity index is 1.44. The smallest absolute Gasteiger partial charge is 0.227 e. The first-order chi connectivity index (χ1) is 12.2. The van der Waals surface area contributed by atoms with Crippen LogP contribution in [0.1, 0.15) is 51.4 Å². The Morgan fingerprint density at radius 2 is 1.44 bits per heavy atom. The molecular formula is C20H28N2O3. The molecule has 1 aromatic carbocycles. The second-order valence-corrected chi connectivity index (χ2v) is 7.26. The number of hydrogen-bond acceptors (Lipinski definition) is 3. The minimum Gasteiger partial charge on any atom is -0.497 e. The van der Waals surface area contributed by atoms with Gasteiger partial charge in [0.15, 0.2) is 0 Å². The molecule has 136 valence electrons. The molecule has 1 aromatic rings. The maximum absolute atomic E-state index is 12.4. The van der Waals surface area contributed by atoms with Crippen LogP contribution < -0.4 is 15.4 Å². The van der Waals surface area contributed by atoms with Gasteiger partial charge in [-0.15, -0.1) is 0 Å². The third-order valence-electron chi connectivity index (χ3n) is 5.53. The van der Waals surface area contributed by atoms with Gasteiger partial charge in [-0.2, -0.15) is 0 Å². The van der Waals surface area contributed by atoms with E-state index in [1.165, 1.54) is 12.8 Å². The average molecular weight is 344 g/mol. The molecule has 25 heavy (non-hydrogen) atoms. The summed E-state index contributed by atoms with van der Waals surface area (Å²) in [5, 5.41) is 6.16. The largest absolute Gasteiger partial charge is 0.497 e. The van der Waals surface area contributed by atoms with Crippen LogP contribution in [-0.2, 0) is 9.59 Å². The molecule has 0 spiro atoms. The first kappa shape index (κ1) is 17.8. The second kappa shape index (κ2) is 8.37. The van der Waals surface area contributed by atoms with Crippen molar-refractivity contribution in [1.29, 1.82) is 0 Å². The maximum atomic E-state index is 12.4. The molecule has 0 bridgehead atoms. The first-order valence-corrected chi connectivity index (χ1v) is 9.41. The normalized spacial score (nSPS) is 23.9. The minimum absolute atomic E-state index is 0.00219. The highest BCUT2D eigenvalue weighted by molar-refractivity contribution is 5.92. The molecule has 2 saturated carbocycles. The molecule has 0 heterocycles. The number of amides is 2. The first-order valence-electron chi connectivity index (χ1n) is 9.41. The Kier molecular flexibility index (Phi) is 5.95. The Labute approximate surface area is 149 Å². The number of rotatable bonds is 5. The number of ether oxygens (including phenoxy) is 1. The highest BCUT2D eigenvalue weighted by Gasteiger charge is 2.31. The van der Waals surface area contributed by atoms with E-state index in [-0.39, 0.29) is 23.7 Å². The van der Waals surface area contributed by atoms with Gasteiger partial charge in [0.05, 0.1) is 7.11 Å². The molecule has 0 atom stereocenters. The molecule has 5 heteroatoms. The molecule has 0 aliphatic heterocycles. The van der Waals surface area contributed by atoms with Crippen LogP contribution in [0.15, 0.2) is 24.3 Å². The van der Waals surface area contributed by atoms with E-state index in [1.807, 2.05) is 24.3 Å². The van der Waals surface area contributed by atoms with Crippen molar-refractivity contribution in [1.82, 2.24) is 5.32 Å². The van der Waals surface area contributed by atoms with Gasteiger partial charge < -0.3 is 15.4 Å². The van der Waals surface area contributed by atoms with Gasteiger partial charge in [0.25, 0.3) is 0 Å². The van der Waals surface area contributed by atoms with Crippen molar-refractivity contribution in [3.63, 3.8) is 0 Å². The van der Waals surface area contributed by atoms with Gasteiger partial charge in [0.1, 0.15) is 5.75 Å². The summed E-state index contributed by atoms with van der Waals surface area (Å²) in [6, 6.07) is 7.73. The predicted molar refractivity (Wildman–Crippen MR) is 97.5 cm³/mol. The maximum Gasteiger partial charge on any atom is 0.227 e. The number of benzene rings is 1. The van der Waals surface area contributed by atoms with Crippen LogP contribution in [0, 0.1) is 11.8 Å². The predicted octanol–water partition coefficient (Wildman–Crippen LogP) is 3.50. The molecule has 0 radical (unpaired) electrons. The summed E-state index contributed by atoms with van der Waals surface area (Å²) < 4.78 is 5.12. The molecule has 2 amide bonds. The molecule has 0 unspecified atom stereocenters. The molecule has 2 N–H and O–H groups in total. The zero-order chi connectivity index (χ0) is 17.6. The summed E-state index contributed by atoms with van der Waals surface area (Å²) >= 11 is 0. The Hall–Kier alpha value is -2.04. The van der Waals surface area contributed by atoms with E-state index in [9.17, 15) is 9.59 Å². The molecule has 5 nitrogen and oxygen atoms in total. The molecule has 2 aliphatic carbocycles. The highest BCUT2D eigenvalue weighted by Crippen LogP contribution is 2.30. The van der Waals surface area contributed by atoms with Gasteiger partial charge in [-0.3, -0.25) is 9.59 Å². The zero-order valence-corrected chi connectivity index (χ0v) is 14.9. The topological polar surface area (TPSA) is 67.4 Å². The van der Waals surface area contributed by atoms with Crippen LogP contribution in [0.4, 0.5) is 5.69 Å². The Morgan fingerprint density at radius 3 is 2.00 bits per heavy atom. The van der Waals surface area contributed by atoms with Crippen LogP contribution in [0.5, 0.6) is 5.75 Å². The monoisotopic (exact) mass is 344 g/mol. The van der Waals surface area contributed by atoms with Gasteiger partial charge in [-0.1, -0.05) is 12.8 Å². The SMILES string of the molecule is COc1ccc(NC(=O)C2CCC(C(=O)NC3CCCC3)CC2)cc1. The lowest BCUT2D eigenvalue weighted by Gasteiger charge is -2.28. The van der Waals surface area contributed by atoms with E-state index in [4.69, 9.17) is 4.74 Å². The summed E-state index contributed by atoms with van der Waals surface area (Å²) in [6.45, 7) is 0. The van der Waals surface area contributed by atoms with Crippen molar-refractivity contribution >= 4 is 17.5 Å². The molecule has 2 fully saturated rings. The number of anilines is 1. The Morgan fingerprint density at radius 1 is 0.880 bits per heavy atom. The number of carbonyl (C=O) groups is 2. The van der Waals surface area contributed by atoms with Crippen LogP contribution in [0.3, 0.4) is 0 Å². The van der Waals surface area contributed by atoms with E-state index < -0.39 is 0 Å². The molecule has 0 aromatic heterocycles. The summed E-state index contributed by atoms with van der Waals surface area (Å²) in [6.07, 6.45) is 7.86. The lowest BCUT2D eigenvalue weighted by atomic mass is 9.81. The van der Waals surface area contributed by atoms with Crippen molar-refractivity contribution in [2.24, 2.45) is 11.8 Å². The van der Waals surface area contributed by atoms with Crippen molar-refractivity contribution in [3.05, 3.63) is 24.3 Å². The quantitative estimate of drug-likeness (QED) is 0.859. The molecule has 3 rings (SSSR count). The summed E-state index contributed by atoms with van der Waals surface area (Å²) in [5.41, 5.74) is 0.784. The summed E-state index contributed by atoms with van der Waals surface area (Å²) in [7, 11) is 1.62. The van der Waals surface area contributed by atoms with E-state index in [2.05, 4.69) is 10.6 Å².